The molecule has 0 aliphatic rings. The van der Waals surface area contributed by atoms with Crippen LogP contribution in [-0.4, -0.2) is 17.8 Å². The SMILES string of the molecule is CC(N[C@@H](C)CO)c1cccc(F)c1F. The second-order valence-electron chi connectivity index (χ2n) is 3.62. The number of nitrogens with one attached hydrogen (secondary N) is 1. The Morgan fingerprint density at radius 2 is 2.00 bits per heavy atom. The molecule has 0 aliphatic carbocycles. The molecule has 0 spiro atoms. The van der Waals surface area contributed by atoms with E-state index in [1.807, 2.05) is 0 Å². The molecule has 0 heterocycles. The van der Waals surface area contributed by atoms with Gasteiger partial charge in [0.1, 0.15) is 0 Å². The van der Waals surface area contributed by atoms with E-state index < -0.39 is 11.6 Å². The molecule has 0 aliphatic heterocycles. The van der Waals surface area contributed by atoms with Gasteiger partial charge < -0.3 is 10.4 Å². The van der Waals surface area contributed by atoms with Gasteiger partial charge in [0.2, 0.25) is 0 Å². The number of aliphatic hydroxyl groups is 1. The molecule has 1 unspecified atom stereocenters. The minimum absolute atomic E-state index is 0.0404. The third-order valence-corrected chi connectivity index (χ3v) is 2.26. The maximum absolute atomic E-state index is 13.3. The lowest BCUT2D eigenvalue weighted by Crippen LogP contribution is -2.32. The Kier molecular flexibility index (Phi) is 4.17. The van der Waals surface area contributed by atoms with Crippen molar-refractivity contribution in [2.24, 2.45) is 0 Å². The van der Waals surface area contributed by atoms with Gasteiger partial charge in [-0.15, -0.1) is 0 Å². The number of rotatable bonds is 4. The van der Waals surface area contributed by atoms with Crippen LogP contribution in [0.1, 0.15) is 25.5 Å². The van der Waals surface area contributed by atoms with Crippen molar-refractivity contribution in [2.45, 2.75) is 25.9 Å². The molecule has 4 heteroatoms. The summed E-state index contributed by atoms with van der Waals surface area (Å²) in [4.78, 5) is 0. The molecule has 2 nitrogen and oxygen atoms in total. The van der Waals surface area contributed by atoms with Gasteiger partial charge in [0, 0.05) is 17.6 Å². The highest BCUT2D eigenvalue weighted by molar-refractivity contribution is 5.22. The highest BCUT2D eigenvalue weighted by Crippen LogP contribution is 2.19. The summed E-state index contributed by atoms with van der Waals surface area (Å²) >= 11 is 0. The van der Waals surface area contributed by atoms with Gasteiger partial charge in [-0.25, -0.2) is 8.78 Å². The van der Waals surface area contributed by atoms with E-state index in [2.05, 4.69) is 5.32 Å². The average molecular weight is 215 g/mol. The van der Waals surface area contributed by atoms with Gasteiger partial charge in [0.25, 0.3) is 0 Å². The Hall–Kier alpha value is -1.00. The van der Waals surface area contributed by atoms with Crippen LogP contribution in [0.5, 0.6) is 0 Å². The summed E-state index contributed by atoms with van der Waals surface area (Å²) in [5.74, 6) is -1.68. The van der Waals surface area contributed by atoms with Crippen LogP contribution in [0.15, 0.2) is 18.2 Å². The van der Waals surface area contributed by atoms with E-state index in [9.17, 15) is 8.78 Å². The highest BCUT2D eigenvalue weighted by atomic mass is 19.2. The first-order valence-corrected chi connectivity index (χ1v) is 4.87. The zero-order valence-corrected chi connectivity index (χ0v) is 8.80. The Morgan fingerprint density at radius 3 is 2.60 bits per heavy atom. The second kappa shape index (κ2) is 5.19. The first kappa shape index (κ1) is 12.1. The molecular formula is C11H15F2NO. The molecule has 1 aromatic carbocycles. The van der Waals surface area contributed by atoms with E-state index in [0.29, 0.717) is 0 Å². The van der Waals surface area contributed by atoms with Gasteiger partial charge >= 0.3 is 0 Å². The van der Waals surface area contributed by atoms with Gasteiger partial charge in [0.15, 0.2) is 11.6 Å². The highest BCUT2D eigenvalue weighted by Gasteiger charge is 2.15. The van der Waals surface area contributed by atoms with Crippen LogP contribution < -0.4 is 5.32 Å². The Labute approximate surface area is 87.9 Å². The van der Waals surface area contributed by atoms with Crippen LogP contribution >= 0.6 is 0 Å². The fourth-order valence-corrected chi connectivity index (χ4v) is 1.42. The van der Waals surface area contributed by atoms with Crippen LogP contribution in [-0.2, 0) is 0 Å². The smallest absolute Gasteiger partial charge is 0.163 e. The summed E-state index contributed by atoms with van der Waals surface area (Å²) in [6.07, 6.45) is 0. The number of halogens is 2. The summed E-state index contributed by atoms with van der Waals surface area (Å²) in [5.41, 5.74) is 0.273. The minimum Gasteiger partial charge on any atom is -0.395 e. The summed E-state index contributed by atoms with van der Waals surface area (Å²) in [6.45, 7) is 3.46. The van der Waals surface area contributed by atoms with E-state index in [0.717, 1.165) is 6.07 Å². The van der Waals surface area contributed by atoms with Crippen molar-refractivity contribution in [3.63, 3.8) is 0 Å². The second-order valence-corrected chi connectivity index (χ2v) is 3.62. The molecule has 1 rings (SSSR count). The molecule has 0 saturated carbocycles. The summed E-state index contributed by atoms with van der Waals surface area (Å²) in [6, 6.07) is 3.60. The maximum Gasteiger partial charge on any atom is 0.163 e. The van der Waals surface area contributed by atoms with E-state index >= 15 is 0 Å². The Balaban J connectivity index is 2.82. The Morgan fingerprint density at radius 1 is 1.33 bits per heavy atom. The lowest BCUT2D eigenvalue weighted by molar-refractivity contribution is 0.242. The van der Waals surface area contributed by atoms with Gasteiger partial charge in [0.05, 0.1) is 6.61 Å². The number of benzene rings is 1. The topological polar surface area (TPSA) is 32.3 Å². The molecule has 15 heavy (non-hydrogen) atoms. The third-order valence-electron chi connectivity index (χ3n) is 2.26. The zero-order chi connectivity index (χ0) is 11.4. The molecule has 1 aromatic rings. The molecule has 0 amide bonds. The molecule has 2 N–H and O–H groups in total. The van der Waals surface area contributed by atoms with Gasteiger partial charge in [-0.1, -0.05) is 12.1 Å². The lowest BCUT2D eigenvalue weighted by Gasteiger charge is -2.19. The van der Waals surface area contributed by atoms with Crippen LogP contribution in [0.4, 0.5) is 8.78 Å². The molecule has 0 radical (unpaired) electrons. The third kappa shape index (κ3) is 2.97. The van der Waals surface area contributed by atoms with Gasteiger partial charge in [-0.2, -0.15) is 0 Å². The molecule has 0 saturated heterocycles. The normalized spacial score (nSPS) is 15.0. The van der Waals surface area contributed by atoms with Crippen molar-refractivity contribution < 1.29 is 13.9 Å². The fraction of sp³-hybridized carbons (Fsp3) is 0.455. The summed E-state index contributed by atoms with van der Waals surface area (Å²) < 4.78 is 26.2. The van der Waals surface area contributed by atoms with Crippen LogP contribution in [0.2, 0.25) is 0 Å². The standard InChI is InChI=1S/C11H15F2NO/c1-7(6-15)14-8(2)9-4-3-5-10(12)11(9)13/h3-5,7-8,14-15H,6H2,1-2H3/t7-,8?/m0/s1. The first-order valence-electron chi connectivity index (χ1n) is 4.87. The maximum atomic E-state index is 13.3. The number of hydrogen-bond donors (Lipinski definition) is 2. The summed E-state index contributed by atoms with van der Waals surface area (Å²) in [5, 5.41) is 11.8. The van der Waals surface area contributed by atoms with Crippen molar-refractivity contribution in [1.29, 1.82) is 0 Å². The van der Waals surface area contributed by atoms with E-state index in [1.54, 1.807) is 13.8 Å². The van der Waals surface area contributed by atoms with Crippen LogP contribution in [0, 0.1) is 11.6 Å². The fourth-order valence-electron chi connectivity index (χ4n) is 1.42. The van der Waals surface area contributed by atoms with Crippen molar-refractivity contribution >= 4 is 0 Å². The van der Waals surface area contributed by atoms with Crippen molar-refractivity contribution in [3.8, 4) is 0 Å². The monoisotopic (exact) mass is 215 g/mol. The largest absolute Gasteiger partial charge is 0.395 e. The Bertz CT molecular complexity index is 330. The van der Waals surface area contributed by atoms with Gasteiger partial charge in [-0.05, 0) is 19.9 Å². The predicted octanol–water partition coefficient (Wildman–Crippen LogP) is 2.00. The van der Waals surface area contributed by atoms with Crippen LogP contribution in [0.3, 0.4) is 0 Å². The zero-order valence-electron chi connectivity index (χ0n) is 8.80. The number of hydrogen-bond acceptors (Lipinski definition) is 2. The predicted molar refractivity (Wildman–Crippen MR) is 54.5 cm³/mol. The van der Waals surface area contributed by atoms with E-state index in [1.165, 1.54) is 12.1 Å². The van der Waals surface area contributed by atoms with Crippen molar-refractivity contribution in [2.75, 3.05) is 6.61 Å². The first-order chi connectivity index (χ1) is 7.06. The molecule has 0 bridgehead atoms. The molecular weight excluding hydrogens is 200 g/mol. The van der Waals surface area contributed by atoms with Crippen molar-refractivity contribution in [3.05, 3.63) is 35.4 Å². The van der Waals surface area contributed by atoms with E-state index in [-0.39, 0.29) is 24.3 Å². The van der Waals surface area contributed by atoms with Crippen molar-refractivity contribution in [1.82, 2.24) is 5.32 Å². The molecule has 0 fully saturated rings. The quantitative estimate of drug-likeness (QED) is 0.805. The van der Waals surface area contributed by atoms with Crippen LogP contribution in [0.25, 0.3) is 0 Å². The molecule has 0 aromatic heterocycles. The summed E-state index contributed by atoms with van der Waals surface area (Å²) in [7, 11) is 0. The minimum atomic E-state index is -0.849. The molecule has 84 valence electrons. The van der Waals surface area contributed by atoms with E-state index in [4.69, 9.17) is 5.11 Å². The average Bonchev–Trinajstić information content (AvgIpc) is 2.21. The lowest BCUT2D eigenvalue weighted by atomic mass is 10.1. The molecule has 2 atom stereocenters. The van der Waals surface area contributed by atoms with Gasteiger partial charge in [-0.3, -0.25) is 0 Å². The number of aliphatic hydroxyl groups excluding tert-OH is 1.